The smallest absolute Gasteiger partial charge is 0.0995 e. The molecule has 2 atom stereocenters. The molecule has 0 saturated heterocycles. The maximum Gasteiger partial charge on any atom is 0.0995 e. The third-order valence-electron chi connectivity index (χ3n) is 3.79. The van der Waals surface area contributed by atoms with Crippen LogP contribution >= 0.6 is 0 Å². The zero-order valence-corrected chi connectivity index (χ0v) is 11.1. The van der Waals surface area contributed by atoms with Crippen LogP contribution in [0.1, 0.15) is 43.7 Å². The standard InChI is InChI=1S/C16H21NO/c1-13-5-4-6-14(9-13)11-18-12-16-8-3-2-7-15(16)10-17/h2-3,7-8,13-14H,4-6,9,11-12H2,1H3. The molecule has 2 rings (SSSR count). The van der Waals surface area contributed by atoms with E-state index in [9.17, 15) is 0 Å². The minimum Gasteiger partial charge on any atom is -0.376 e. The first-order chi connectivity index (χ1) is 8.79. The second-order valence-corrected chi connectivity index (χ2v) is 5.42. The first kappa shape index (κ1) is 13.1. The van der Waals surface area contributed by atoms with Crippen molar-refractivity contribution < 1.29 is 4.74 Å². The van der Waals surface area contributed by atoms with Crippen LogP contribution in [0.4, 0.5) is 0 Å². The van der Waals surface area contributed by atoms with Crippen molar-refractivity contribution in [2.45, 2.75) is 39.2 Å². The fourth-order valence-electron chi connectivity index (χ4n) is 2.80. The van der Waals surface area contributed by atoms with Crippen LogP contribution in [-0.4, -0.2) is 6.61 Å². The van der Waals surface area contributed by atoms with E-state index in [2.05, 4.69) is 13.0 Å². The van der Waals surface area contributed by atoms with Crippen LogP contribution in [0.2, 0.25) is 0 Å². The monoisotopic (exact) mass is 243 g/mol. The first-order valence-corrected chi connectivity index (χ1v) is 6.85. The van der Waals surface area contributed by atoms with Gasteiger partial charge < -0.3 is 4.74 Å². The number of nitrogens with zero attached hydrogens (tertiary/aromatic N) is 1. The summed E-state index contributed by atoms with van der Waals surface area (Å²) in [5, 5.41) is 9.00. The van der Waals surface area contributed by atoms with Crippen LogP contribution in [0.3, 0.4) is 0 Å². The molecule has 18 heavy (non-hydrogen) atoms. The summed E-state index contributed by atoms with van der Waals surface area (Å²) in [6.07, 6.45) is 5.29. The summed E-state index contributed by atoms with van der Waals surface area (Å²) in [5.74, 6) is 1.56. The predicted octanol–water partition coefficient (Wildman–Crippen LogP) is 3.90. The molecule has 1 aromatic carbocycles. The molecule has 0 radical (unpaired) electrons. The van der Waals surface area contributed by atoms with Crippen molar-refractivity contribution in [3.05, 3.63) is 35.4 Å². The van der Waals surface area contributed by atoms with Gasteiger partial charge in [-0.3, -0.25) is 0 Å². The second kappa shape index (κ2) is 6.56. The molecule has 0 bridgehead atoms. The van der Waals surface area contributed by atoms with Gasteiger partial charge >= 0.3 is 0 Å². The van der Waals surface area contributed by atoms with Crippen molar-refractivity contribution in [1.82, 2.24) is 0 Å². The van der Waals surface area contributed by atoms with E-state index in [1.807, 2.05) is 24.3 Å². The average molecular weight is 243 g/mol. The Bertz CT molecular complexity index is 421. The van der Waals surface area contributed by atoms with Crippen LogP contribution in [0.5, 0.6) is 0 Å². The average Bonchev–Trinajstić information content (AvgIpc) is 2.39. The third-order valence-corrected chi connectivity index (χ3v) is 3.79. The van der Waals surface area contributed by atoms with Crippen LogP contribution in [0.25, 0.3) is 0 Å². The fraction of sp³-hybridized carbons (Fsp3) is 0.562. The highest BCUT2D eigenvalue weighted by atomic mass is 16.5. The summed E-state index contributed by atoms with van der Waals surface area (Å²) in [4.78, 5) is 0. The molecule has 2 heteroatoms. The normalized spacial score (nSPS) is 23.6. The Morgan fingerprint density at radius 2 is 2.17 bits per heavy atom. The van der Waals surface area contributed by atoms with E-state index >= 15 is 0 Å². The van der Waals surface area contributed by atoms with Crippen molar-refractivity contribution in [3.8, 4) is 6.07 Å². The van der Waals surface area contributed by atoms with Crippen molar-refractivity contribution in [3.63, 3.8) is 0 Å². The summed E-state index contributed by atoms with van der Waals surface area (Å²) in [6, 6.07) is 9.89. The minimum atomic E-state index is 0.564. The van der Waals surface area contributed by atoms with Gasteiger partial charge in [0.25, 0.3) is 0 Å². The maximum atomic E-state index is 9.00. The van der Waals surface area contributed by atoms with Crippen molar-refractivity contribution >= 4 is 0 Å². The summed E-state index contributed by atoms with van der Waals surface area (Å²) in [7, 11) is 0. The van der Waals surface area contributed by atoms with Gasteiger partial charge in [0.15, 0.2) is 0 Å². The van der Waals surface area contributed by atoms with E-state index < -0.39 is 0 Å². The lowest BCUT2D eigenvalue weighted by Crippen LogP contribution is -2.18. The molecule has 0 aromatic heterocycles. The van der Waals surface area contributed by atoms with Crippen molar-refractivity contribution in [1.29, 1.82) is 5.26 Å². The van der Waals surface area contributed by atoms with Gasteiger partial charge in [0.05, 0.1) is 18.2 Å². The zero-order chi connectivity index (χ0) is 12.8. The third kappa shape index (κ3) is 3.58. The number of nitriles is 1. The van der Waals surface area contributed by atoms with Crippen LogP contribution in [0, 0.1) is 23.2 Å². The van der Waals surface area contributed by atoms with Crippen LogP contribution in [0.15, 0.2) is 24.3 Å². The highest BCUT2D eigenvalue weighted by Crippen LogP contribution is 2.28. The van der Waals surface area contributed by atoms with Gasteiger partial charge in [-0.05, 0) is 36.3 Å². The van der Waals surface area contributed by atoms with Gasteiger partial charge in [0, 0.05) is 6.61 Å². The molecule has 0 amide bonds. The number of ether oxygens (including phenoxy) is 1. The molecule has 1 aliphatic rings. The molecule has 1 fully saturated rings. The molecule has 2 nitrogen and oxygen atoms in total. The fourth-order valence-corrected chi connectivity index (χ4v) is 2.80. The Kier molecular flexibility index (Phi) is 4.78. The number of hydrogen-bond acceptors (Lipinski definition) is 2. The zero-order valence-electron chi connectivity index (χ0n) is 11.1. The lowest BCUT2D eigenvalue weighted by atomic mass is 9.83. The lowest BCUT2D eigenvalue weighted by molar-refractivity contribution is 0.0657. The Hall–Kier alpha value is -1.33. The van der Waals surface area contributed by atoms with Gasteiger partial charge in [-0.25, -0.2) is 0 Å². The minimum absolute atomic E-state index is 0.564. The molecule has 1 aliphatic carbocycles. The van der Waals surface area contributed by atoms with E-state index in [1.54, 1.807) is 0 Å². The topological polar surface area (TPSA) is 33.0 Å². The van der Waals surface area contributed by atoms with Crippen LogP contribution in [-0.2, 0) is 11.3 Å². The number of benzene rings is 1. The molecule has 1 saturated carbocycles. The van der Waals surface area contributed by atoms with E-state index in [0.717, 1.165) is 23.7 Å². The molecule has 0 heterocycles. The second-order valence-electron chi connectivity index (χ2n) is 5.42. The maximum absolute atomic E-state index is 9.00. The molecule has 0 N–H and O–H groups in total. The first-order valence-electron chi connectivity index (χ1n) is 6.85. The molecule has 1 aromatic rings. The molecular formula is C16H21NO. The Balaban J connectivity index is 1.80. The highest BCUT2D eigenvalue weighted by Gasteiger charge is 2.18. The molecule has 0 spiro atoms. The lowest BCUT2D eigenvalue weighted by Gasteiger charge is -2.26. The Morgan fingerprint density at radius 3 is 2.94 bits per heavy atom. The molecule has 0 aliphatic heterocycles. The molecule has 96 valence electrons. The number of hydrogen-bond donors (Lipinski definition) is 0. The summed E-state index contributed by atoms with van der Waals surface area (Å²) in [5.41, 5.74) is 1.73. The van der Waals surface area contributed by atoms with Gasteiger partial charge in [-0.2, -0.15) is 5.26 Å². The van der Waals surface area contributed by atoms with Crippen LogP contribution < -0.4 is 0 Å². The van der Waals surface area contributed by atoms with Crippen molar-refractivity contribution in [2.75, 3.05) is 6.61 Å². The van der Waals surface area contributed by atoms with E-state index in [-0.39, 0.29) is 0 Å². The molecule has 2 unspecified atom stereocenters. The largest absolute Gasteiger partial charge is 0.376 e. The van der Waals surface area contributed by atoms with Gasteiger partial charge in [0.1, 0.15) is 0 Å². The highest BCUT2D eigenvalue weighted by molar-refractivity contribution is 5.36. The summed E-state index contributed by atoms with van der Waals surface area (Å²) >= 11 is 0. The van der Waals surface area contributed by atoms with Crippen molar-refractivity contribution in [2.24, 2.45) is 11.8 Å². The van der Waals surface area contributed by atoms with Gasteiger partial charge in [-0.15, -0.1) is 0 Å². The van der Waals surface area contributed by atoms with E-state index in [4.69, 9.17) is 10.00 Å². The quantitative estimate of drug-likeness (QED) is 0.803. The number of rotatable bonds is 4. The van der Waals surface area contributed by atoms with E-state index in [1.165, 1.54) is 25.7 Å². The summed E-state index contributed by atoms with van der Waals surface area (Å²) in [6.45, 7) is 3.73. The Morgan fingerprint density at radius 1 is 1.33 bits per heavy atom. The Labute approximate surface area is 110 Å². The van der Waals surface area contributed by atoms with Gasteiger partial charge in [0.2, 0.25) is 0 Å². The van der Waals surface area contributed by atoms with E-state index in [0.29, 0.717) is 12.5 Å². The SMILES string of the molecule is CC1CCCC(COCc2ccccc2C#N)C1. The van der Waals surface area contributed by atoms with Gasteiger partial charge in [-0.1, -0.05) is 38.0 Å². The predicted molar refractivity (Wildman–Crippen MR) is 71.9 cm³/mol. The molecular weight excluding hydrogens is 222 g/mol. The summed E-state index contributed by atoms with van der Waals surface area (Å²) < 4.78 is 5.80.